The van der Waals surface area contributed by atoms with E-state index in [4.69, 9.17) is 20.8 Å². The fourth-order valence-electron chi connectivity index (χ4n) is 2.38. The van der Waals surface area contributed by atoms with Gasteiger partial charge in [-0.15, -0.1) is 0 Å². The molecule has 0 saturated carbocycles. The van der Waals surface area contributed by atoms with Crippen LogP contribution < -0.4 is 10.1 Å². The van der Waals surface area contributed by atoms with Crippen molar-refractivity contribution < 1.29 is 13.9 Å². The Morgan fingerprint density at radius 2 is 1.96 bits per heavy atom. The van der Waals surface area contributed by atoms with E-state index in [9.17, 15) is 4.79 Å². The van der Waals surface area contributed by atoms with E-state index in [0.29, 0.717) is 35.9 Å². The summed E-state index contributed by atoms with van der Waals surface area (Å²) < 4.78 is 11.0. The van der Waals surface area contributed by atoms with E-state index in [-0.39, 0.29) is 5.91 Å². The Labute approximate surface area is 151 Å². The quantitative estimate of drug-likeness (QED) is 0.679. The maximum Gasteiger partial charge on any atom is 0.251 e. The summed E-state index contributed by atoms with van der Waals surface area (Å²) in [6, 6.07) is 18.3. The number of benzene rings is 2. The minimum absolute atomic E-state index is 0.139. The van der Waals surface area contributed by atoms with Gasteiger partial charge in [-0.1, -0.05) is 29.8 Å². The Bertz CT molecular complexity index is 830. The van der Waals surface area contributed by atoms with Crippen molar-refractivity contribution in [3.05, 3.63) is 88.8 Å². The van der Waals surface area contributed by atoms with Crippen LogP contribution in [0.3, 0.4) is 0 Å². The fourth-order valence-corrected chi connectivity index (χ4v) is 2.59. The van der Waals surface area contributed by atoms with Crippen molar-refractivity contribution in [2.75, 3.05) is 6.54 Å². The first-order valence-corrected chi connectivity index (χ1v) is 8.36. The molecule has 1 heterocycles. The minimum Gasteiger partial charge on any atom is -0.489 e. The first-order chi connectivity index (χ1) is 12.2. The molecular formula is C20H18ClNO3. The number of carbonyl (C=O) groups excluding carboxylic acids is 1. The van der Waals surface area contributed by atoms with Crippen molar-refractivity contribution in [1.82, 2.24) is 5.32 Å². The largest absolute Gasteiger partial charge is 0.489 e. The molecule has 128 valence electrons. The number of furan rings is 1. The van der Waals surface area contributed by atoms with Crippen LogP contribution in [-0.4, -0.2) is 12.5 Å². The van der Waals surface area contributed by atoms with E-state index in [1.54, 1.807) is 24.5 Å². The first-order valence-electron chi connectivity index (χ1n) is 7.98. The molecule has 5 heteroatoms. The molecule has 25 heavy (non-hydrogen) atoms. The number of rotatable bonds is 7. The maximum absolute atomic E-state index is 12.2. The second kappa shape index (κ2) is 8.40. The van der Waals surface area contributed by atoms with Gasteiger partial charge in [-0.2, -0.15) is 0 Å². The molecule has 0 aliphatic heterocycles. The zero-order valence-corrected chi connectivity index (χ0v) is 14.3. The molecule has 0 spiro atoms. The molecule has 1 aromatic heterocycles. The fraction of sp³-hybridized carbons (Fsp3) is 0.150. The van der Waals surface area contributed by atoms with Crippen LogP contribution in [0.5, 0.6) is 5.75 Å². The Morgan fingerprint density at radius 1 is 1.08 bits per heavy atom. The highest BCUT2D eigenvalue weighted by Crippen LogP contribution is 2.17. The van der Waals surface area contributed by atoms with Crippen molar-refractivity contribution in [1.29, 1.82) is 0 Å². The Morgan fingerprint density at radius 3 is 2.76 bits per heavy atom. The molecule has 1 N–H and O–H groups in total. The number of carbonyl (C=O) groups is 1. The Balaban J connectivity index is 1.54. The van der Waals surface area contributed by atoms with E-state index in [2.05, 4.69) is 5.32 Å². The summed E-state index contributed by atoms with van der Waals surface area (Å²) in [5.74, 6) is 1.34. The lowest BCUT2D eigenvalue weighted by molar-refractivity contribution is 0.0953. The second-order valence-corrected chi connectivity index (χ2v) is 5.97. The summed E-state index contributed by atoms with van der Waals surface area (Å²) in [6.45, 7) is 0.907. The highest BCUT2D eigenvalue weighted by molar-refractivity contribution is 6.30. The zero-order chi connectivity index (χ0) is 17.5. The van der Waals surface area contributed by atoms with Crippen LogP contribution in [0.15, 0.2) is 71.3 Å². The van der Waals surface area contributed by atoms with Crippen molar-refractivity contribution >= 4 is 17.5 Å². The van der Waals surface area contributed by atoms with Gasteiger partial charge in [-0.25, -0.2) is 0 Å². The Kier molecular flexibility index (Phi) is 5.75. The predicted molar refractivity (Wildman–Crippen MR) is 97.0 cm³/mol. The lowest BCUT2D eigenvalue weighted by Crippen LogP contribution is -2.25. The van der Waals surface area contributed by atoms with Crippen molar-refractivity contribution in [2.24, 2.45) is 0 Å². The van der Waals surface area contributed by atoms with Gasteiger partial charge in [-0.3, -0.25) is 4.79 Å². The van der Waals surface area contributed by atoms with Gasteiger partial charge in [0, 0.05) is 23.6 Å². The van der Waals surface area contributed by atoms with Gasteiger partial charge in [-0.05, 0) is 48.0 Å². The summed E-state index contributed by atoms with van der Waals surface area (Å²) in [5, 5.41) is 3.55. The van der Waals surface area contributed by atoms with Crippen LogP contribution >= 0.6 is 11.6 Å². The van der Waals surface area contributed by atoms with E-state index in [1.807, 2.05) is 42.5 Å². The number of hydrogen-bond donors (Lipinski definition) is 1. The molecule has 4 nitrogen and oxygen atoms in total. The third kappa shape index (κ3) is 5.13. The molecule has 0 atom stereocenters. The van der Waals surface area contributed by atoms with Crippen molar-refractivity contribution in [3.63, 3.8) is 0 Å². The molecule has 0 saturated heterocycles. The average molecular weight is 356 g/mol. The number of halogens is 1. The third-order valence-electron chi connectivity index (χ3n) is 3.63. The molecule has 0 aliphatic carbocycles. The van der Waals surface area contributed by atoms with E-state index in [1.165, 1.54) is 0 Å². The van der Waals surface area contributed by atoms with Gasteiger partial charge >= 0.3 is 0 Å². The molecule has 0 bridgehead atoms. The standard InChI is InChI=1S/C20H18ClNO3/c21-17-6-1-4-15(12-17)14-25-19-7-2-5-16(13-19)20(23)22-10-9-18-8-3-11-24-18/h1-8,11-13H,9-10,14H2,(H,22,23). The lowest BCUT2D eigenvalue weighted by Gasteiger charge is -2.09. The number of ether oxygens (including phenoxy) is 1. The predicted octanol–water partition coefficient (Wildman–Crippen LogP) is 4.48. The molecule has 1 amide bonds. The lowest BCUT2D eigenvalue weighted by atomic mass is 10.2. The van der Waals surface area contributed by atoms with E-state index in [0.717, 1.165) is 11.3 Å². The average Bonchev–Trinajstić information content (AvgIpc) is 3.14. The summed E-state index contributed by atoms with van der Waals surface area (Å²) in [6.07, 6.45) is 2.28. The SMILES string of the molecule is O=C(NCCc1ccco1)c1cccc(OCc2cccc(Cl)c2)c1. The monoisotopic (exact) mass is 355 g/mol. The second-order valence-electron chi connectivity index (χ2n) is 5.53. The molecule has 2 aromatic carbocycles. The first kappa shape index (κ1) is 17.1. The summed E-state index contributed by atoms with van der Waals surface area (Å²) in [5.41, 5.74) is 1.53. The van der Waals surface area contributed by atoms with Gasteiger partial charge in [0.1, 0.15) is 18.1 Å². The normalized spacial score (nSPS) is 10.4. The molecule has 0 radical (unpaired) electrons. The van der Waals surface area contributed by atoms with Crippen LogP contribution in [0.2, 0.25) is 5.02 Å². The van der Waals surface area contributed by atoms with Gasteiger partial charge < -0.3 is 14.5 Å². The van der Waals surface area contributed by atoms with E-state index >= 15 is 0 Å². The zero-order valence-electron chi connectivity index (χ0n) is 13.6. The number of nitrogens with one attached hydrogen (secondary N) is 1. The smallest absolute Gasteiger partial charge is 0.251 e. The highest BCUT2D eigenvalue weighted by atomic mass is 35.5. The van der Waals surface area contributed by atoms with Gasteiger partial charge in [0.15, 0.2) is 0 Å². The Hall–Kier alpha value is -2.72. The molecule has 3 rings (SSSR count). The molecule has 3 aromatic rings. The van der Waals surface area contributed by atoms with Gasteiger partial charge in [0.25, 0.3) is 5.91 Å². The molecule has 0 aliphatic rings. The minimum atomic E-state index is -0.139. The van der Waals surface area contributed by atoms with Crippen LogP contribution in [0.1, 0.15) is 21.7 Å². The highest BCUT2D eigenvalue weighted by Gasteiger charge is 2.07. The van der Waals surface area contributed by atoms with E-state index < -0.39 is 0 Å². The van der Waals surface area contributed by atoms with Crippen LogP contribution in [0.25, 0.3) is 0 Å². The molecule has 0 unspecified atom stereocenters. The summed E-state index contributed by atoms with van der Waals surface area (Å²) in [4.78, 5) is 12.2. The van der Waals surface area contributed by atoms with Crippen molar-refractivity contribution in [3.8, 4) is 5.75 Å². The molecular weight excluding hydrogens is 338 g/mol. The van der Waals surface area contributed by atoms with Gasteiger partial charge in [0.2, 0.25) is 0 Å². The van der Waals surface area contributed by atoms with Crippen LogP contribution in [-0.2, 0) is 13.0 Å². The topological polar surface area (TPSA) is 51.5 Å². The molecule has 0 fully saturated rings. The van der Waals surface area contributed by atoms with Crippen LogP contribution in [0.4, 0.5) is 0 Å². The van der Waals surface area contributed by atoms with Crippen molar-refractivity contribution in [2.45, 2.75) is 13.0 Å². The third-order valence-corrected chi connectivity index (χ3v) is 3.86. The van der Waals surface area contributed by atoms with Crippen LogP contribution in [0, 0.1) is 0 Å². The number of hydrogen-bond acceptors (Lipinski definition) is 3. The summed E-state index contributed by atoms with van der Waals surface area (Å²) >= 11 is 5.96. The van der Waals surface area contributed by atoms with Gasteiger partial charge in [0.05, 0.1) is 6.26 Å². The number of amides is 1. The summed E-state index contributed by atoms with van der Waals surface area (Å²) in [7, 11) is 0. The maximum atomic E-state index is 12.2.